The summed E-state index contributed by atoms with van der Waals surface area (Å²) in [6, 6.07) is 16.7. The zero-order chi connectivity index (χ0) is 19.1. The molecule has 0 bridgehead atoms. The van der Waals surface area contributed by atoms with E-state index in [2.05, 4.69) is 65.9 Å². The van der Waals surface area contributed by atoms with Crippen LogP contribution in [-0.4, -0.2) is 39.7 Å². The largest absolute Gasteiger partial charge is 0.357 e. The maximum atomic E-state index is 4.72. The van der Waals surface area contributed by atoms with E-state index < -0.39 is 0 Å². The van der Waals surface area contributed by atoms with Crippen LogP contribution in [0.4, 0.5) is 0 Å². The van der Waals surface area contributed by atoms with Gasteiger partial charge in [0.2, 0.25) is 0 Å². The van der Waals surface area contributed by atoms with Gasteiger partial charge in [-0.2, -0.15) is 0 Å². The third-order valence-electron chi connectivity index (χ3n) is 4.77. The van der Waals surface area contributed by atoms with Gasteiger partial charge in [-0.05, 0) is 31.5 Å². The number of nitrogens with zero attached hydrogens (tertiary/aromatic N) is 4. The molecule has 0 radical (unpaired) electrons. The fraction of sp³-hybridized carbons (Fsp3) is 0.381. The summed E-state index contributed by atoms with van der Waals surface area (Å²) in [6.07, 6.45) is 2.73. The van der Waals surface area contributed by atoms with Crippen LogP contribution in [0.15, 0.2) is 59.7 Å². The second-order valence-electron chi connectivity index (χ2n) is 6.69. The molecule has 3 rings (SSSR count). The molecule has 2 heterocycles. The molecular weight excluding hydrogens is 463 g/mol. The molecule has 2 atom stereocenters. The molecule has 0 aliphatic carbocycles. The van der Waals surface area contributed by atoms with Crippen LogP contribution < -0.4 is 10.6 Å². The molecule has 0 saturated heterocycles. The molecule has 3 aromatic rings. The Hall–Kier alpha value is -2.16. The second-order valence-corrected chi connectivity index (χ2v) is 6.69. The second kappa shape index (κ2) is 11.0. The zero-order valence-electron chi connectivity index (χ0n) is 16.7. The summed E-state index contributed by atoms with van der Waals surface area (Å²) in [5.41, 5.74) is 2.19. The van der Waals surface area contributed by atoms with Crippen LogP contribution >= 0.6 is 24.0 Å². The van der Waals surface area contributed by atoms with Gasteiger partial charge in [0.1, 0.15) is 5.82 Å². The molecule has 0 aliphatic rings. The molecule has 28 heavy (non-hydrogen) atoms. The Morgan fingerprint density at radius 3 is 2.57 bits per heavy atom. The van der Waals surface area contributed by atoms with Gasteiger partial charge >= 0.3 is 0 Å². The molecule has 2 aromatic heterocycles. The van der Waals surface area contributed by atoms with E-state index in [9.17, 15) is 0 Å². The van der Waals surface area contributed by atoms with Gasteiger partial charge < -0.3 is 10.6 Å². The highest BCUT2D eigenvalue weighted by molar-refractivity contribution is 14.0. The smallest absolute Gasteiger partial charge is 0.191 e. The molecule has 1 aromatic carbocycles. The Labute approximate surface area is 183 Å². The van der Waals surface area contributed by atoms with Crippen LogP contribution in [0.3, 0.4) is 0 Å². The maximum absolute atomic E-state index is 4.72. The minimum atomic E-state index is 0. The average molecular weight is 492 g/mol. The lowest BCUT2D eigenvalue weighted by Crippen LogP contribution is -2.44. The normalized spacial score (nSPS) is 13.6. The first-order valence-electron chi connectivity index (χ1n) is 9.57. The van der Waals surface area contributed by atoms with Crippen LogP contribution in [0.5, 0.6) is 0 Å². The lowest BCUT2D eigenvalue weighted by molar-refractivity contribution is 0.550. The summed E-state index contributed by atoms with van der Waals surface area (Å²) >= 11 is 0. The first kappa shape index (κ1) is 22.1. The van der Waals surface area contributed by atoms with Gasteiger partial charge in [0.05, 0.1) is 0 Å². The molecule has 0 saturated carbocycles. The lowest BCUT2D eigenvalue weighted by Gasteiger charge is -2.24. The molecule has 0 aliphatic heterocycles. The van der Waals surface area contributed by atoms with Crippen molar-refractivity contribution in [3.8, 4) is 0 Å². The summed E-state index contributed by atoms with van der Waals surface area (Å²) in [7, 11) is 0. The Morgan fingerprint density at radius 1 is 1.07 bits per heavy atom. The molecule has 0 fully saturated rings. The number of pyridine rings is 1. The number of hydrogen-bond acceptors (Lipinski definition) is 3. The van der Waals surface area contributed by atoms with Gasteiger partial charge in [0.15, 0.2) is 11.6 Å². The highest BCUT2D eigenvalue weighted by atomic mass is 127. The number of benzene rings is 1. The lowest BCUT2D eigenvalue weighted by atomic mass is 9.94. The summed E-state index contributed by atoms with van der Waals surface area (Å²) in [6.45, 7) is 7.98. The van der Waals surface area contributed by atoms with Crippen molar-refractivity contribution < 1.29 is 0 Å². The quantitative estimate of drug-likeness (QED) is 0.300. The van der Waals surface area contributed by atoms with E-state index in [4.69, 9.17) is 4.99 Å². The first-order valence-corrected chi connectivity index (χ1v) is 9.57. The number of aliphatic imine (C=N–C) groups is 1. The van der Waals surface area contributed by atoms with E-state index in [-0.39, 0.29) is 30.0 Å². The van der Waals surface area contributed by atoms with Gasteiger partial charge in [-0.15, -0.1) is 34.2 Å². The van der Waals surface area contributed by atoms with Gasteiger partial charge in [-0.3, -0.25) is 9.39 Å². The van der Waals surface area contributed by atoms with Crippen molar-refractivity contribution in [2.75, 3.05) is 13.1 Å². The summed E-state index contributed by atoms with van der Waals surface area (Å²) < 4.78 is 2.01. The van der Waals surface area contributed by atoms with Crippen molar-refractivity contribution in [1.82, 2.24) is 25.2 Å². The minimum Gasteiger partial charge on any atom is -0.357 e. The van der Waals surface area contributed by atoms with Crippen molar-refractivity contribution in [3.05, 3.63) is 66.1 Å². The van der Waals surface area contributed by atoms with Crippen molar-refractivity contribution in [3.63, 3.8) is 0 Å². The van der Waals surface area contributed by atoms with Crippen molar-refractivity contribution in [2.24, 2.45) is 4.99 Å². The average Bonchev–Trinajstić information content (AvgIpc) is 3.11. The zero-order valence-corrected chi connectivity index (χ0v) is 19.0. The van der Waals surface area contributed by atoms with Gasteiger partial charge in [-0.25, -0.2) is 0 Å². The number of rotatable bonds is 7. The Morgan fingerprint density at radius 2 is 1.82 bits per heavy atom. The van der Waals surface area contributed by atoms with E-state index in [0.717, 1.165) is 30.4 Å². The standard InChI is InChI=1S/C21H28N6.HI/c1-4-22-21(24-17(3)16(2)18-10-6-5-7-11-18)23-14-13-20-26-25-19-12-8-9-15-27(19)20;/h5-12,15-17H,4,13-14H2,1-3H3,(H2,22,23,24);1H. The molecule has 0 spiro atoms. The van der Waals surface area contributed by atoms with E-state index in [1.54, 1.807) is 0 Å². The summed E-state index contributed by atoms with van der Waals surface area (Å²) in [5.74, 6) is 2.15. The van der Waals surface area contributed by atoms with Gasteiger partial charge in [0, 0.05) is 37.7 Å². The topological polar surface area (TPSA) is 66.6 Å². The molecule has 0 amide bonds. The summed E-state index contributed by atoms with van der Waals surface area (Å²) in [5, 5.41) is 15.3. The number of aromatic nitrogens is 3. The molecule has 6 nitrogen and oxygen atoms in total. The molecule has 2 N–H and O–H groups in total. The molecule has 7 heteroatoms. The summed E-state index contributed by atoms with van der Waals surface area (Å²) in [4.78, 5) is 4.72. The monoisotopic (exact) mass is 492 g/mol. The van der Waals surface area contributed by atoms with Crippen molar-refractivity contribution in [2.45, 2.75) is 39.2 Å². The Balaban J connectivity index is 0.00000280. The number of nitrogens with one attached hydrogen (secondary N) is 2. The third kappa shape index (κ3) is 5.67. The predicted molar refractivity (Wildman–Crippen MR) is 126 cm³/mol. The Bertz CT molecular complexity index is 877. The Kier molecular flexibility index (Phi) is 8.69. The third-order valence-corrected chi connectivity index (χ3v) is 4.77. The highest BCUT2D eigenvalue weighted by Crippen LogP contribution is 2.18. The fourth-order valence-corrected chi connectivity index (χ4v) is 3.04. The highest BCUT2D eigenvalue weighted by Gasteiger charge is 2.15. The minimum absolute atomic E-state index is 0. The van der Waals surface area contributed by atoms with Gasteiger partial charge in [0.25, 0.3) is 0 Å². The number of hydrogen-bond donors (Lipinski definition) is 2. The van der Waals surface area contributed by atoms with E-state index >= 15 is 0 Å². The van der Waals surface area contributed by atoms with E-state index in [1.807, 2.05) is 34.9 Å². The van der Waals surface area contributed by atoms with Crippen LogP contribution in [0.25, 0.3) is 5.65 Å². The van der Waals surface area contributed by atoms with Crippen LogP contribution in [-0.2, 0) is 6.42 Å². The molecule has 2 unspecified atom stereocenters. The van der Waals surface area contributed by atoms with E-state index in [0.29, 0.717) is 12.5 Å². The predicted octanol–water partition coefficient (Wildman–Crippen LogP) is 3.64. The number of fused-ring (bicyclic) bond motifs is 1. The molecule has 150 valence electrons. The molecular formula is C21H29IN6. The SMILES string of the molecule is CCNC(=NCCc1nnc2ccccn12)NC(C)C(C)c1ccccc1.I. The van der Waals surface area contributed by atoms with E-state index in [1.165, 1.54) is 5.56 Å². The first-order chi connectivity index (χ1) is 13.2. The van der Waals surface area contributed by atoms with Crippen LogP contribution in [0.1, 0.15) is 38.1 Å². The fourth-order valence-electron chi connectivity index (χ4n) is 3.04. The van der Waals surface area contributed by atoms with Gasteiger partial charge in [-0.1, -0.05) is 43.3 Å². The van der Waals surface area contributed by atoms with Crippen LogP contribution in [0.2, 0.25) is 0 Å². The van der Waals surface area contributed by atoms with Crippen LogP contribution in [0, 0.1) is 0 Å². The number of halogens is 1. The van der Waals surface area contributed by atoms with Crippen molar-refractivity contribution in [1.29, 1.82) is 0 Å². The number of guanidine groups is 1. The van der Waals surface area contributed by atoms with Crippen molar-refractivity contribution >= 4 is 35.6 Å². The maximum Gasteiger partial charge on any atom is 0.191 e.